The maximum atomic E-state index is 14.4. The molecular formula is C16H24FN3O. The minimum Gasteiger partial charge on any atom is -0.353 e. The molecular weight excluding hydrogens is 269 g/mol. The Morgan fingerprint density at radius 3 is 2.90 bits per heavy atom. The summed E-state index contributed by atoms with van der Waals surface area (Å²) in [5, 5.41) is 6.15. The van der Waals surface area contributed by atoms with Gasteiger partial charge in [0, 0.05) is 19.6 Å². The molecule has 0 radical (unpaired) electrons. The zero-order chi connectivity index (χ0) is 15.5. The maximum absolute atomic E-state index is 14.4. The third-order valence-electron chi connectivity index (χ3n) is 3.93. The third kappa shape index (κ3) is 3.18. The van der Waals surface area contributed by atoms with Crippen LogP contribution < -0.4 is 15.5 Å². The Hall–Kier alpha value is -1.62. The monoisotopic (exact) mass is 293 g/mol. The molecule has 21 heavy (non-hydrogen) atoms. The van der Waals surface area contributed by atoms with Crippen LogP contribution in [-0.4, -0.2) is 31.1 Å². The molecule has 0 unspecified atom stereocenters. The van der Waals surface area contributed by atoms with Crippen LogP contribution in [0.25, 0.3) is 0 Å². The molecule has 0 spiro atoms. The number of benzene rings is 1. The van der Waals surface area contributed by atoms with Crippen LogP contribution in [0.5, 0.6) is 0 Å². The molecule has 116 valence electrons. The number of hydrogen-bond acceptors (Lipinski definition) is 3. The van der Waals surface area contributed by atoms with E-state index in [0.717, 1.165) is 18.5 Å². The molecule has 0 aromatic heterocycles. The number of nitrogens with one attached hydrogen (secondary N) is 2. The van der Waals surface area contributed by atoms with Gasteiger partial charge in [0.1, 0.15) is 11.4 Å². The van der Waals surface area contributed by atoms with Gasteiger partial charge in [0.05, 0.1) is 5.69 Å². The Labute approximate surface area is 125 Å². The van der Waals surface area contributed by atoms with E-state index in [1.54, 1.807) is 6.07 Å². The van der Waals surface area contributed by atoms with Crippen molar-refractivity contribution in [1.29, 1.82) is 0 Å². The van der Waals surface area contributed by atoms with Crippen molar-refractivity contribution in [2.75, 3.05) is 24.5 Å². The number of anilines is 1. The number of para-hydroxylation sites is 1. The number of hydrogen-bond donors (Lipinski definition) is 2. The van der Waals surface area contributed by atoms with Crippen molar-refractivity contribution in [3.8, 4) is 0 Å². The lowest BCUT2D eigenvalue weighted by molar-refractivity contribution is -0.126. The van der Waals surface area contributed by atoms with Crippen molar-refractivity contribution in [3.05, 3.63) is 29.6 Å². The first-order chi connectivity index (χ1) is 9.98. The first kappa shape index (κ1) is 15.8. The lowest BCUT2D eigenvalue weighted by atomic mass is 9.96. The maximum Gasteiger partial charge on any atom is 0.245 e. The Morgan fingerprint density at radius 2 is 2.19 bits per heavy atom. The van der Waals surface area contributed by atoms with Crippen LogP contribution in [0, 0.1) is 5.82 Å². The molecule has 1 aromatic rings. The smallest absolute Gasteiger partial charge is 0.245 e. The predicted molar refractivity (Wildman–Crippen MR) is 82.8 cm³/mol. The Morgan fingerprint density at radius 1 is 1.43 bits per heavy atom. The summed E-state index contributed by atoms with van der Waals surface area (Å²) < 4.78 is 14.4. The molecule has 1 heterocycles. The van der Waals surface area contributed by atoms with Crippen molar-refractivity contribution in [2.45, 2.75) is 39.3 Å². The van der Waals surface area contributed by atoms with Crippen LogP contribution in [0.1, 0.15) is 32.8 Å². The zero-order valence-electron chi connectivity index (χ0n) is 13.0. The highest BCUT2D eigenvalue weighted by Gasteiger charge is 2.39. The predicted octanol–water partition coefficient (Wildman–Crippen LogP) is 2.04. The van der Waals surface area contributed by atoms with Crippen LogP contribution in [-0.2, 0) is 11.3 Å². The average molecular weight is 293 g/mol. The first-order valence-corrected chi connectivity index (χ1v) is 7.52. The number of nitrogens with zero attached hydrogens (tertiary/aromatic N) is 1. The second kappa shape index (κ2) is 6.43. The number of rotatable bonds is 5. The standard InChI is InChI=1S/C16H24FN3O/c1-4-8-18-11-12-6-5-7-13(17)14(12)20-10-9-19-15(21)16(20,2)3/h5-7,18H,4,8-11H2,1-3H3,(H,19,21). The number of amides is 1. The van der Waals surface area contributed by atoms with Crippen LogP contribution in [0.15, 0.2) is 18.2 Å². The highest BCUT2D eigenvalue weighted by atomic mass is 19.1. The SMILES string of the molecule is CCCNCc1cccc(F)c1N1CCNC(=O)C1(C)C. The van der Waals surface area contributed by atoms with Gasteiger partial charge in [-0.1, -0.05) is 19.1 Å². The van der Waals surface area contributed by atoms with E-state index >= 15 is 0 Å². The van der Waals surface area contributed by atoms with E-state index in [9.17, 15) is 9.18 Å². The van der Waals surface area contributed by atoms with E-state index in [1.807, 2.05) is 24.8 Å². The van der Waals surface area contributed by atoms with Gasteiger partial charge in [0.25, 0.3) is 0 Å². The second-order valence-corrected chi connectivity index (χ2v) is 5.89. The molecule has 1 aromatic carbocycles. The highest BCUT2D eigenvalue weighted by Crippen LogP contribution is 2.31. The molecule has 2 N–H and O–H groups in total. The van der Waals surface area contributed by atoms with E-state index in [4.69, 9.17) is 0 Å². The van der Waals surface area contributed by atoms with Gasteiger partial charge in [0.15, 0.2) is 0 Å². The molecule has 1 amide bonds. The number of carbonyl (C=O) groups excluding carboxylic acids is 1. The molecule has 0 aliphatic carbocycles. The first-order valence-electron chi connectivity index (χ1n) is 7.52. The fraction of sp³-hybridized carbons (Fsp3) is 0.562. The molecule has 0 bridgehead atoms. The minimum absolute atomic E-state index is 0.0653. The van der Waals surface area contributed by atoms with E-state index in [2.05, 4.69) is 17.6 Å². The van der Waals surface area contributed by atoms with Crippen molar-refractivity contribution in [3.63, 3.8) is 0 Å². The molecule has 1 saturated heterocycles. The molecule has 1 aliphatic heterocycles. The average Bonchev–Trinajstić information content (AvgIpc) is 2.43. The van der Waals surface area contributed by atoms with Gasteiger partial charge in [-0.25, -0.2) is 4.39 Å². The highest BCUT2D eigenvalue weighted by molar-refractivity contribution is 5.90. The molecule has 0 saturated carbocycles. The quantitative estimate of drug-likeness (QED) is 0.817. The largest absolute Gasteiger partial charge is 0.353 e. The van der Waals surface area contributed by atoms with Gasteiger partial charge in [-0.15, -0.1) is 0 Å². The third-order valence-corrected chi connectivity index (χ3v) is 3.93. The number of piperazine rings is 1. The fourth-order valence-corrected chi connectivity index (χ4v) is 2.70. The molecule has 4 nitrogen and oxygen atoms in total. The Kier molecular flexibility index (Phi) is 4.83. The van der Waals surface area contributed by atoms with Crippen LogP contribution in [0.2, 0.25) is 0 Å². The summed E-state index contributed by atoms with van der Waals surface area (Å²) in [5.41, 5.74) is 0.687. The summed E-state index contributed by atoms with van der Waals surface area (Å²) in [6.07, 6.45) is 1.03. The summed E-state index contributed by atoms with van der Waals surface area (Å²) in [4.78, 5) is 14.0. The Balaban J connectivity index is 2.35. The summed E-state index contributed by atoms with van der Waals surface area (Å²) in [6.45, 7) is 8.40. The van der Waals surface area contributed by atoms with E-state index < -0.39 is 5.54 Å². The summed E-state index contributed by atoms with van der Waals surface area (Å²) in [5.74, 6) is -0.335. The van der Waals surface area contributed by atoms with Gasteiger partial charge in [0.2, 0.25) is 5.91 Å². The summed E-state index contributed by atoms with van der Waals surface area (Å²) in [6, 6.07) is 5.10. The van der Waals surface area contributed by atoms with Crippen LogP contribution >= 0.6 is 0 Å². The zero-order valence-corrected chi connectivity index (χ0v) is 13.0. The van der Waals surface area contributed by atoms with Gasteiger partial charge < -0.3 is 15.5 Å². The van der Waals surface area contributed by atoms with Crippen molar-refractivity contribution in [1.82, 2.24) is 10.6 Å². The normalized spacial score (nSPS) is 17.7. The van der Waals surface area contributed by atoms with E-state index in [0.29, 0.717) is 25.3 Å². The van der Waals surface area contributed by atoms with E-state index in [1.165, 1.54) is 6.07 Å². The van der Waals surface area contributed by atoms with E-state index in [-0.39, 0.29) is 11.7 Å². The molecule has 2 rings (SSSR count). The van der Waals surface area contributed by atoms with Gasteiger partial charge in [-0.05, 0) is 38.4 Å². The van der Waals surface area contributed by atoms with Crippen LogP contribution in [0.3, 0.4) is 0 Å². The molecule has 5 heteroatoms. The lowest BCUT2D eigenvalue weighted by Gasteiger charge is -2.43. The van der Waals surface area contributed by atoms with Crippen molar-refractivity contribution < 1.29 is 9.18 Å². The summed E-state index contributed by atoms with van der Waals surface area (Å²) in [7, 11) is 0. The summed E-state index contributed by atoms with van der Waals surface area (Å²) >= 11 is 0. The topological polar surface area (TPSA) is 44.4 Å². The number of carbonyl (C=O) groups is 1. The van der Waals surface area contributed by atoms with Crippen LogP contribution in [0.4, 0.5) is 10.1 Å². The van der Waals surface area contributed by atoms with Crippen molar-refractivity contribution >= 4 is 11.6 Å². The van der Waals surface area contributed by atoms with Gasteiger partial charge >= 0.3 is 0 Å². The number of halogens is 1. The molecule has 0 atom stereocenters. The Bertz CT molecular complexity index is 516. The second-order valence-electron chi connectivity index (χ2n) is 5.89. The fourth-order valence-electron chi connectivity index (χ4n) is 2.70. The minimum atomic E-state index is -0.750. The van der Waals surface area contributed by atoms with Gasteiger partial charge in [-0.2, -0.15) is 0 Å². The lowest BCUT2D eigenvalue weighted by Crippen LogP contribution is -2.62. The van der Waals surface area contributed by atoms with Gasteiger partial charge in [-0.3, -0.25) is 4.79 Å². The molecule has 1 fully saturated rings. The molecule has 1 aliphatic rings. The van der Waals surface area contributed by atoms with Crippen molar-refractivity contribution in [2.24, 2.45) is 0 Å².